The first-order chi connectivity index (χ1) is 15.0. The van der Waals surface area contributed by atoms with E-state index in [1.807, 2.05) is 43.3 Å². The van der Waals surface area contributed by atoms with Gasteiger partial charge in [-0.2, -0.15) is 0 Å². The third kappa shape index (κ3) is 5.39. The molecule has 3 rings (SSSR count). The molecule has 0 amide bonds. The van der Waals surface area contributed by atoms with Gasteiger partial charge >= 0.3 is 5.97 Å². The summed E-state index contributed by atoms with van der Waals surface area (Å²) in [6, 6.07) is 18.1. The second-order valence-corrected chi connectivity index (χ2v) is 7.61. The molecule has 3 aromatic carbocycles. The van der Waals surface area contributed by atoms with Gasteiger partial charge in [-0.3, -0.25) is 4.79 Å². The van der Waals surface area contributed by atoms with Gasteiger partial charge in [0.25, 0.3) is 0 Å². The third-order valence-corrected chi connectivity index (χ3v) is 5.51. The van der Waals surface area contributed by atoms with Gasteiger partial charge in [0, 0.05) is 6.42 Å². The normalized spacial score (nSPS) is 10.6. The molecule has 0 N–H and O–H groups in total. The van der Waals surface area contributed by atoms with Crippen LogP contribution < -0.4 is 9.47 Å². The van der Waals surface area contributed by atoms with E-state index in [2.05, 4.69) is 25.1 Å². The second-order valence-electron chi connectivity index (χ2n) is 7.21. The Labute approximate surface area is 188 Å². The van der Waals surface area contributed by atoms with Crippen LogP contribution in [0.2, 0.25) is 5.02 Å². The van der Waals surface area contributed by atoms with E-state index >= 15 is 0 Å². The minimum absolute atomic E-state index is 0.195. The number of benzene rings is 3. The van der Waals surface area contributed by atoms with Crippen LogP contribution in [0.4, 0.5) is 0 Å². The molecule has 0 unspecified atom stereocenters. The predicted octanol–water partition coefficient (Wildman–Crippen LogP) is 6.50. The van der Waals surface area contributed by atoms with E-state index in [4.69, 9.17) is 25.8 Å². The highest BCUT2D eigenvalue weighted by Gasteiger charge is 2.12. The number of ether oxygens (including phenoxy) is 3. The lowest BCUT2D eigenvalue weighted by molar-refractivity contribution is -0.143. The molecule has 5 heteroatoms. The summed E-state index contributed by atoms with van der Waals surface area (Å²) in [5.41, 5.74) is 6.48. The topological polar surface area (TPSA) is 44.8 Å². The van der Waals surface area contributed by atoms with Crippen molar-refractivity contribution in [2.24, 2.45) is 0 Å². The number of methoxy groups -OCH3 is 2. The van der Waals surface area contributed by atoms with Crippen LogP contribution in [0.3, 0.4) is 0 Å². The Hall–Kier alpha value is -2.98. The van der Waals surface area contributed by atoms with Crippen molar-refractivity contribution in [3.8, 4) is 33.8 Å². The summed E-state index contributed by atoms with van der Waals surface area (Å²) in [5, 5.41) is 0.583. The minimum atomic E-state index is -0.195. The fourth-order valence-electron chi connectivity index (χ4n) is 3.64. The second kappa shape index (κ2) is 10.4. The quantitative estimate of drug-likeness (QED) is 0.377. The maximum atomic E-state index is 11.9. The van der Waals surface area contributed by atoms with Gasteiger partial charge in [-0.05, 0) is 77.9 Å². The highest BCUT2D eigenvalue weighted by Crippen LogP contribution is 2.35. The maximum absolute atomic E-state index is 11.9. The molecule has 0 aliphatic rings. The standard InChI is InChI=1S/C26H27ClO4/c1-5-31-26(28)13-8-19-15-21(29-3)9-11-23(19)18-6-10-22(17(2)14-18)20-7-12-25(30-4)24(27)16-20/h6-7,9-12,14-16H,5,8,13H2,1-4H3. The highest BCUT2D eigenvalue weighted by molar-refractivity contribution is 6.32. The van der Waals surface area contributed by atoms with Gasteiger partial charge in [0.05, 0.1) is 25.8 Å². The monoisotopic (exact) mass is 438 g/mol. The summed E-state index contributed by atoms with van der Waals surface area (Å²) in [5.74, 6) is 1.23. The number of rotatable bonds is 8. The molecule has 162 valence electrons. The molecule has 0 aromatic heterocycles. The van der Waals surface area contributed by atoms with Crippen LogP contribution in [0.1, 0.15) is 24.5 Å². The van der Waals surface area contributed by atoms with Crippen molar-refractivity contribution in [3.05, 3.63) is 70.7 Å². The smallest absolute Gasteiger partial charge is 0.306 e. The Balaban J connectivity index is 1.94. The molecule has 0 spiro atoms. The van der Waals surface area contributed by atoms with Crippen LogP contribution >= 0.6 is 11.6 Å². The Morgan fingerprint density at radius 3 is 2.26 bits per heavy atom. The first-order valence-electron chi connectivity index (χ1n) is 10.2. The van der Waals surface area contributed by atoms with Crippen molar-refractivity contribution in [3.63, 3.8) is 0 Å². The van der Waals surface area contributed by atoms with Gasteiger partial charge in [0.1, 0.15) is 11.5 Å². The van der Waals surface area contributed by atoms with Gasteiger partial charge in [-0.1, -0.05) is 41.9 Å². The molecule has 0 heterocycles. The van der Waals surface area contributed by atoms with Crippen LogP contribution in [-0.2, 0) is 16.0 Å². The maximum Gasteiger partial charge on any atom is 0.306 e. The van der Waals surface area contributed by atoms with Crippen molar-refractivity contribution in [2.45, 2.75) is 26.7 Å². The van der Waals surface area contributed by atoms with Crippen LogP contribution in [0.5, 0.6) is 11.5 Å². The van der Waals surface area contributed by atoms with E-state index in [1.165, 1.54) is 0 Å². The predicted molar refractivity (Wildman–Crippen MR) is 125 cm³/mol. The highest BCUT2D eigenvalue weighted by atomic mass is 35.5. The summed E-state index contributed by atoms with van der Waals surface area (Å²) < 4.78 is 15.7. The summed E-state index contributed by atoms with van der Waals surface area (Å²) >= 11 is 6.32. The minimum Gasteiger partial charge on any atom is -0.497 e. The number of esters is 1. The molecule has 4 nitrogen and oxygen atoms in total. The summed E-state index contributed by atoms with van der Waals surface area (Å²) in [7, 11) is 3.25. The lowest BCUT2D eigenvalue weighted by atomic mass is 9.92. The molecule has 0 aliphatic heterocycles. The molecular weight excluding hydrogens is 412 g/mol. The number of aryl methyl sites for hydroxylation is 2. The molecule has 0 bridgehead atoms. The lowest BCUT2D eigenvalue weighted by Crippen LogP contribution is -2.06. The lowest BCUT2D eigenvalue weighted by Gasteiger charge is -2.14. The van der Waals surface area contributed by atoms with Crippen LogP contribution in [0, 0.1) is 6.92 Å². The zero-order valence-electron chi connectivity index (χ0n) is 18.3. The van der Waals surface area contributed by atoms with E-state index in [-0.39, 0.29) is 5.97 Å². The Morgan fingerprint density at radius 2 is 1.61 bits per heavy atom. The van der Waals surface area contributed by atoms with Crippen molar-refractivity contribution in [2.75, 3.05) is 20.8 Å². The van der Waals surface area contributed by atoms with Crippen LogP contribution in [0.15, 0.2) is 54.6 Å². The molecule has 0 atom stereocenters. The SMILES string of the molecule is CCOC(=O)CCc1cc(OC)ccc1-c1ccc(-c2ccc(OC)c(Cl)c2)c(C)c1. The molecule has 3 aromatic rings. The number of carbonyl (C=O) groups excluding carboxylic acids is 1. The van der Waals surface area contributed by atoms with E-state index in [0.29, 0.717) is 30.2 Å². The zero-order chi connectivity index (χ0) is 22.4. The van der Waals surface area contributed by atoms with E-state index in [1.54, 1.807) is 14.2 Å². The summed E-state index contributed by atoms with van der Waals surface area (Å²) in [6.07, 6.45) is 0.912. The van der Waals surface area contributed by atoms with E-state index in [0.717, 1.165) is 39.1 Å². The van der Waals surface area contributed by atoms with Crippen molar-refractivity contribution < 1.29 is 19.0 Å². The average molecular weight is 439 g/mol. The molecule has 0 fully saturated rings. The van der Waals surface area contributed by atoms with Crippen molar-refractivity contribution in [1.29, 1.82) is 0 Å². The molecule has 31 heavy (non-hydrogen) atoms. The Morgan fingerprint density at radius 1 is 0.903 bits per heavy atom. The van der Waals surface area contributed by atoms with Gasteiger partial charge in [-0.15, -0.1) is 0 Å². The molecule has 0 saturated heterocycles. The van der Waals surface area contributed by atoms with Gasteiger partial charge in [0.2, 0.25) is 0 Å². The van der Waals surface area contributed by atoms with Crippen molar-refractivity contribution >= 4 is 17.6 Å². The molecule has 0 radical (unpaired) electrons. The fraction of sp³-hybridized carbons (Fsp3) is 0.269. The van der Waals surface area contributed by atoms with Gasteiger partial charge in [-0.25, -0.2) is 0 Å². The molecular formula is C26H27ClO4. The number of hydrogen-bond acceptors (Lipinski definition) is 4. The van der Waals surface area contributed by atoms with Crippen LogP contribution in [0.25, 0.3) is 22.3 Å². The van der Waals surface area contributed by atoms with Gasteiger partial charge in [0.15, 0.2) is 0 Å². The average Bonchev–Trinajstić information content (AvgIpc) is 2.77. The van der Waals surface area contributed by atoms with E-state index < -0.39 is 0 Å². The Kier molecular flexibility index (Phi) is 7.59. The largest absolute Gasteiger partial charge is 0.497 e. The summed E-state index contributed by atoms with van der Waals surface area (Å²) in [6.45, 7) is 4.29. The zero-order valence-corrected chi connectivity index (χ0v) is 19.1. The number of halogens is 1. The summed E-state index contributed by atoms with van der Waals surface area (Å²) in [4.78, 5) is 11.9. The van der Waals surface area contributed by atoms with Gasteiger partial charge < -0.3 is 14.2 Å². The number of carbonyl (C=O) groups is 1. The van der Waals surface area contributed by atoms with Crippen LogP contribution in [-0.4, -0.2) is 26.8 Å². The first kappa shape index (κ1) is 22.7. The first-order valence-corrected chi connectivity index (χ1v) is 10.6. The fourth-order valence-corrected chi connectivity index (χ4v) is 3.90. The molecule has 0 aliphatic carbocycles. The van der Waals surface area contributed by atoms with Crippen molar-refractivity contribution in [1.82, 2.24) is 0 Å². The third-order valence-electron chi connectivity index (χ3n) is 5.22. The Bertz CT molecular complexity index is 1070. The molecule has 0 saturated carbocycles. The van der Waals surface area contributed by atoms with E-state index in [9.17, 15) is 4.79 Å². The number of hydrogen-bond donors (Lipinski definition) is 0.